The molecule has 2 heterocycles. The number of hydrogen-bond acceptors (Lipinski definition) is 4. The van der Waals surface area contributed by atoms with Crippen molar-refractivity contribution in [3.05, 3.63) is 112 Å². The van der Waals surface area contributed by atoms with Gasteiger partial charge in [0.15, 0.2) is 0 Å². The van der Waals surface area contributed by atoms with Gasteiger partial charge in [-0.25, -0.2) is 9.67 Å². The lowest BCUT2D eigenvalue weighted by Crippen LogP contribution is -2.20. The highest BCUT2D eigenvalue weighted by Crippen LogP contribution is 2.28. The van der Waals surface area contributed by atoms with Gasteiger partial charge < -0.3 is 0 Å². The van der Waals surface area contributed by atoms with Crippen LogP contribution in [0.2, 0.25) is 0 Å². The quantitative estimate of drug-likeness (QED) is 0.475. The maximum absolute atomic E-state index is 12.5. The molecule has 0 saturated heterocycles. The first-order chi connectivity index (χ1) is 14.2. The van der Waals surface area contributed by atoms with E-state index in [4.69, 9.17) is 12.2 Å². The summed E-state index contributed by atoms with van der Waals surface area (Å²) in [6.07, 6.45) is 6.04. The second-order valence-electron chi connectivity index (χ2n) is 6.81. The summed E-state index contributed by atoms with van der Waals surface area (Å²) in [5, 5.41) is 4.08. The van der Waals surface area contributed by atoms with E-state index in [1.54, 1.807) is 24.7 Å². The molecule has 0 aliphatic rings. The monoisotopic (exact) mass is 400 g/mol. The van der Waals surface area contributed by atoms with Crippen LogP contribution in [-0.4, -0.2) is 24.6 Å². The van der Waals surface area contributed by atoms with E-state index >= 15 is 0 Å². The van der Waals surface area contributed by atoms with Crippen LogP contribution < -0.4 is 5.56 Å². The van der Waals surface area contributed by atoms with Gasteiger partial charge in [0.25, 0.3) is 5.56 Å². The number of benzene rings is 2. The van der Waals surface area contributed by atoms with Crippen LogP contribution in [0.3, 0.4) is 0 Å². The summed E-state index contributed by atoms with van der Waals surface area (Å²) in [7, 11) is 0. The fourth-order valence-electron chi connectivity index (χ4n) is 3.36. The highest BCUT2D eigenvalue weighted by Gasteiger charge is 2.17. The van der Waals surface area contributed by atoms with Gasteiger partial charge in [-0.2, -0.15) is 5.10 Å². The second kappa shape index (κ2) is 8.75. The molecule has 0 amide bonds. The largest absolute Gasteiger partial charge is 0.291 e. The molecule has 4 aromatic rings. The van der Waals surface area contributed by atoms with Crippen molar-refractivity contribution in [1.29, 1.82) is 0 Å². The number of aromatic nitrogens is 4. The van der Waals surface area contributed by atoms with Crippen LogP contribution in [0.25, 0.3) is 5.95 Å². The van der Waals surface area contributed by atoms with Gasteiger partial charge in [0.05, 0.1) is 0 Å². The molecule has 0 atom stereocenters. The zero-order valence-electron chi connectivity index (χ0n) is 15.7. The summed E-state index contributed by atoms with van der Waals surface area (Å²) in [5.74, 6) is 0.543. The summed E-state index contributed by atoms with van der Waals surface area (Å²) in [6.45, 7) is 0. The van der Waals surface area contributed by atoms with E-state index in [1.165, 1.54) is 15.8 Å². The summed E-state index contributed by atoms with van der Waals surface area (Å²) >= 11 is 5.69. The van der Waals surface area contributed by atoms with E-state index in [0.717, 1.165) is 4.86 Å². The fourth-order valence-corrected chi connectivity index (χ4v) is 3.68. The first-order valence-electron chi connectivity index (χ1n) is 9.40. The maximum Gasteiger partial charge on any atom is 0.255 e. The van der Waals surface area contributed by atoms with Crippen molar-refractivity contribution in [3.8, 4) is 5.95 Å². The molecule has 1 N–H and O–H groups in total. The summed E-state index contributed by atoms with van der Waals surface area (Å²) in [6, 6.07) is 22.4. The number of H-pyrrole nitrogens is 1. The van der Waals surface area contributed by atoms with Crippen molar-refractivity contribution >= 4 is 17.1 Å². The first-order valence-corrected chi connectivity index (χ1v) is 9.81. The van der Waals surface area contributed by atoms with Crippen LogP contribution in [0.1, 0.15) is 29.0 Å². The van der Waals surface area contributed by atoms with Crippen molar-refractivity contribution in [2.45, 2.75) is 18.8 Å². The molecule has 2 aromatic heterocycles. The van der Waals surface area contributed by atoms with Crippen LogP contribution in [-0.2, 0) is 6.42 Å². The molecular weight excluding hydrogens is 380 g/mol. The number of rotatable bonds is 7. The molecule has 144 valence electrons. The number of nitrogens with zero attached hydrogens (tertiary/aromatic N) is 3. The normalized spacial score (nSPS) is 10.9. The third-order valence-electron chi connectivity index (χ3n) is 4.80. The minimum atomic E-state index is -0.191. The van der Waals surface area contributed by atoms with Crippen LogP contribution in [0.4, 0.5) is 0 Å². The molecule has 0 saturated carbocycles. The molecule has 4 rings (SSSR count). The molecule has 0 unspecified atom stereocenters. The molecule has 0 bridgehead atoms. The van der Waals surface area contributed by atoms with Gasteiger partial charge in [0.1, 0.15) is 0 Å². The van der Waals surface area contributed by atoms with Gasteiger partial charge in [-0.05, 0) is 28.5 Å². The Bertz CT molecular complexity index is 1100. The first kappa shape index (κ1) is 19.0. The van der Waals surface area contributed by atoms with Gasteiger partial charge in [-0.1, -0.05) is 72.9 Å². The zero-order valence-corrected chi connectivity index (χ0v) is 16.5. The number of hydrogen-bond donors (Lipinski definition) is 1. The Morgan fingerprint density at radius 3 is 2.21 bits per heavy atom. The summed E-state index contributed by atoms with van der Waals surface area (Å²) in [5.41, 5.74) is 2.79. The molecule has 0 radical (unpaired) electrons. The highest BCUT2D eigenvalue weighted by atomic mass is 32.1. The number of nitrogens with one attached hydrogen (secondary N) is 1. The van der Waals surface area contributed by atoms with Crippen molar-refractivity contribution in [2.24, 2.45) is 0 Å². The van der Waals surface area contributed by atoms with E-state index in [2.05, 4.69) is 39.3 Å². The zero-order chi connectivity index (χ0) is 20.1. The Morgan fingerprint density at radius 1 is 1.00 bits per heavy atom. The molecule has 2 aromatic carbocycles. The van der Waals surface area contributed by atoms with Gasteiger partial charge in [-0.3, -0.25) is 9.78 Å². The van der Waals surface area contributed by atoms with Crippen molar-refractivity contribution < 1.29 is 0 Å². The SMILES string of the molecule is O=c1[nH]c(-n2cccn2)ncc1CC(=S)CC(c1ccccc1)c1ccccc1. The predicted octanol–water partition coefficient (Wildman–Crippen LogP) is 4.09. The lowest BCUT2D eigenvalue weighted by atomic mass is 9.86. The minimum absolute atomic E-state index is 0.153. The Hall–Kier alpha value is -3.38. The van der Waals surface area contributed by atoms with E-state index < -0.39 is 0 Å². The maximum atomic E-state index is 12.5. The van der Waals surface area contributed by atoms with E-state index in [1.807, 2.05) is 36.4 Å². The predicted molar refractivity (Wildman–Crippen MR) is 118 cm³/mol. The van der Waals surface area contributed by atoms with Crippen molar-refractivity contribution in [2.75, 3.05) is 0 Å². The fraction of sp³-hybridized carbons (Fsp3) is 0.130. The molecule has 0 aliphatic heterocycles. The van der Waals surface area contributed by atoms with Crippen molar-refractivity contribution in [3.63, 3.8) is 0 Å². The lowest BCUT2D eigenvalue weighted by molar-refractivity contribution is 0.795. The standard InChI is InChI=1S/C23H20N4OS/c28-22-19(16-24-23(26-22)27-13-7-12-25-27)14-20(29)15-21(17-8-3-1-4-9-17)18-10-5-2-6-11-18/h1-13,16,21H,14-15H2,(H,24,26,28). The molecule has 0 spiro atoms. The van der Waals surface area contributed by atoms with Crippen LogP contribution >= 0.6 is 12.2 Å². The Balaban J connectivity index is 1.54. The average molecular weight is 401 g/mol. The Kier molecular flexibility index (Phi) is 5.72. The summed E-state index contributed by atoms with van der Waals surface area (Å²) in [4.78, 5) is 20.4. The van der Waals surface area contributed by atoms with Crippen LogP contribution in [0, 0.1) is 0 Å². The van der Waals surface area contributed by atoms with Gasteiger partial charge in [0.2, 0.25) is 5.95 Å². The van der Waals surface area contributed by atoms with Crippen LogP contribution in [0.5, 0.6) is 0 Å². The molecule has 6 heteroatoms. The molecule has 29 heavy (non-hydrogen) atoms. The third kappa shape index (κ3) is 4.55. The number of aromatic amines is 1. The second-order valence-corrected chi connectivity index (χ2v) is 7.38. The third-order valence-corrected chi connectivity index (χ3v) is 5.12. The Morgan fingerprint density at radius 2 is 1.66 bits per heavy atom. The topological polar surface area (TPSA) is 63.6 Å². The smallest absolute Gasteiger partial charge is 0.255 e. The number of thiocarbonyl (C=S) groups is 1. The van der Waals surface area contributed by atoms with E-state index in [0.29, 0.717) is 24.4 Å². The molecular formula is C23H20N4OS. The average Bonchev–Trinajstić information content (AvgIpc) is 3.30. The highest BCUT2D eigenvalue weighted by molar-refractivity contribution is 7.80. The Labute approximate surface area is 174 Å². The van der Waals surface area contributed by atoms with E-state index in [9.17, 15) is 4.79 Å². The molecule has 0 aliphatic carbocycles. The lowest BCUT2D eigenvalue weighted by Gasteiger charge is -2.18. The molecule has 0 fully saturated rings. The van der Waals surface area contributed by atoms with Gasteiger partial charge in [0, 0.05) is 36.5 Å². The van der Waals surface area contributed by atoms with E-state index in [-0.39, 0.29) is 11.5 Å². The van der Waals surface area contributed by atoms with Gasteiger partial charge in [-0.15, -0.1) is 0 Å². The van der Waals surface area contributed by atoms with Crippen LogP contribution in [0.15, 0.2) is 90.1 Å². The van der Waals surface area contributed by atoms with Gasteiger partial charge >= 0.3 is 0 Å². The molecule has 5 nitrogen and oxygen atoms in total. The van der Waals surface area contributed by atoms with Crippen molar-refractivity contribution in [1.82, 2.24) is 19.7 Å². The minimum Gasteiger partial charge on any atom is -0.291 e. The summed E-state index contributed by atoms with van der Waals surface area (Å²) < 4.78 is 1.52.